The van der Waals surface area contributed by atoms with Crippen LogP contribution in [-0.4, -0.2) is 74.5 Å². The number of alkyl carbamates (subject to hydrolysis) is 1. The first-order valence-corrected chi connectivity index (χ1v) is 16.1. The zero-order valence-corrected chi connectivity index (χ0v) is 27.5. The Morgan fingerprint density at radius 1 is 0.636 bits per heavy atom. The zero-order valence-electron chi connectivity index (χ0n) is 27.5. The van der Waals surface area contributed by atoms with Crippen molar-refractivity contribution in [3.63, 3.8) is 0 Å². The summed E-state index contributed by atoms with van der Waals surface area (Å²) in [5.41, 5.74) is 5.08. The lowest BCUT2D eigenvalue weighted by Gasteiger charge is -2.13. The molecule has 0 unspecified atom stereocenters. The Bertz CT molecular complexity index is 687. The van der Waals surface area contributed by atoms with Crippen LogP contribution in [0.15, 0.2) is 0 Å². The SMILES string of the molecule is CCC(F)(F)CCO.CCCCCCCCOC(=O)CN.CCCCCCCCOC(=O)CNC(=O)OCCC(F)(F)CC. The first-order valence-electron chi connectivity index (χ1n) is 16.1. The van der Waals surface area contributed by atoms with Crippen LogP contribution in [0, 0.1) is 0 Å². The molecule has 0 fully saturated rings. The van der Waals surface area contributed by atoms with Crippen molar-refractivity contribution in [1.82, 2.24) is 5.32 Å². The quantitative estimate of drug-likeness (QED) is 0.0429. The lowest BCUT2D eigenvalue weighted by Crippen LogP contribution is -2.32. The maximum Gasteiger partial charge on any atom is 0.407 e. The highest BCUT2D eigenvalue weighted by Crippen LogP contribution is 2.22. The molecule has 4 N–H and O–H groups in total. The van der Waals surface area contributed by atoms with E-state index in [9.17, 15) is 31.9 Å². The van der Waals surface area contributed by atoms with E-state index in [0.29, 0.717) is 13.2 Å². The van der Waals surface area contributed by atoms with Crippen molar-refractivity contribution in [3.8, 4) is 0 Å². The van der Waals surface area contributed by atoms with Crippen LogP contribution in [-0.2, 0) is 23.8 Å². The molecule has 0 radical (unpaired) electrons. The summed E-state index contributed by atoms with van der Waals surface area (Å²) in [6, 6.07) is 0. The number of alkyl halides is 4. The van der Waals surface area contributed by atoms with Gasteiger partial charge >= 0.3 is 18.0 Å². The van der Waals surface area contributed by atoms with Gasteiger partial charge in [0.25, 0.3) is 5.92 Å². The van der Waals surface area contributed by atoms with Crippen LogP contribution < -0.4 is 11.1 Å². The van der Waals surface area contributed by atoms with Gasteiger partial charge in [-0.2, -0.15) is 0 Å². The Kier molecular flexibility index (Phi) is 33.9. The number of hydrogen-bond acceptors (Lipinski definition) is 8. The molecule has 0 rings (SSSR count). The van der Waals surface area contributed by atoms with Gasteiger partial charge in [-0.05, 0) is 12.8 Å². The Morgan fingerprint density at radius 3 is 1.48 bits per heavy atom. The molecule has 44 heavy (non-hydrogen) atoms. The lowest BCUT2D eigenvalue weighted by molar-refractivity contribution is -0.143. The second-order valence-corrected chi connectivity index (χ2v) is 10.3. The third-order valence-corrected chi connectivity index (χ3v) is 6.28. The van der Waals surface area contributed by atoms with Crippen LogP contribution >= 0.6 is 0 Å². The number of amides is 1. The summed E-state index contributed by atoms with van der Waals surface area (Å²) in [5.74, 6) is -6.35. The van der Waals surface area contributed by atoms with E-state index in [1.54, 1.807) is 0 Å². The minimum absolute atomic E-state index is 0.00413. The van der Waals surface area contributed by atoms with E-state index in [1.807, 2.05) is 0 Å². The van der Waals surface area contributed by atoms with E-state index < -0.39 is 43.4 Å². The number of carbonyl (C=O) groups excluding carboxylic acids is 3. The average Bonchev–Trinajstić information content (AvgIpc) is 2.99. The van der Waals surface area contributed by atoms with Crippen LogP contribution in [0.2, 0.25) is 0 Å². The third-order valence-electron chi connectivity index (χ3n) is 6.28. The number of aliphatic hydroxyl groups excluding tert-OH is 1. The van der Waals surface area contributed by atoms with Gasteiger partial charge in [0.1, 0.15) is 6.54 Å². The molecule has 0 aliphatic carbocycles. The molecule has 13 heteroatoms. The lowest BCUT2D eigenvalue weighted by atomic mass is 10.1. The van der Waals surface area contributed by atoms with Gasteiger partial charge in [-0.3, -0.25) is 9.59 Å². The summed E-state index contributed by atoms with van der Waals surface area (Å²) in [6.07, 6.45) is 11.4. The molecule has 9 nitrogen and oxygen atoms in total. The van der Waals surface area contributed by atoms with Gasteiger partial charge in [0, 0.05) is 32.3 Å². The van der Waals surface area contributed by atoms with Crippen molar-refractivity contribution >= 4 is 18.0 Å². The summed E-state index contributed by atoms with van der Waals surface area (Å²) in [7, 11) is 0. The van der Waals surface area contributed by atoms with Gasteiger partial charge < -0.3 is 30.4 Å². The van der Waals surface area contributed by atoms with Gasteiger partial charge in [0.15, 0.2) is 0 Å². The first kappa shape index (κ1) is 46.3. The van der Waals surface area contributed by atoms with E-state index in [1.165, 1.54) is 58.8 Å². The van der Waals surface area contributed by atoms with Gasteiger partial charge in [-0.25, -0.2) is 22.4 Å². The third kappa shape index (κ3) is 37.9. The van der Waals surface area contributed by atoms with Crippen molar-refractivity contribution in [2.45, 2.75) is 142 Å². The highest BCUT2D eigenvalue weighted by atomic mass is 19.3. The number of nitrogens with two attached hydrogens (primary N) is 1. The fourth-order valence-electron chi connectivity index (χ4n) is 3.25. The number of hydrogen-bond donors (Lipinski definition) is 3. The van der Waals surface area contributed by atoms with Crippen molar-refractivity contribution in [2.24, 2.45) is 5.73 Å². The van der Waals surface area contributed by atoms with E-state index in [2.05, 4.69) is 23.9 Å². The normalized spacial score (nSPS) is 11.0. The highest BCUT2D eigenvalue weighted by molar-refractivity contribution is 5.77. The van der Waals surface area contributed by atoms with E-state index in [4.69, 9.17) is 20.3 Å². The van der Waals surface area contributed by atoms with Crippen LogP contribution in [0.5, 0.6) is 0 Å². The molecule has 0 aromatic rings. The fourth-order valence-corrected chi connectivity index (χ4v) is 3.25. The maximum absolute atomic E-state index is 12.9. The minimum Gasteiger partial charge on any atom is -0.465 e. The van der Waals surface area contributed by atoms with Crippen LogP contribution in [0.3, 0.4) is 0 Å². The number of esters is 2. The number of aliphatic hydroxyl groups is 1. The van der Waals surface area contributed by atoms with E-state index in [-0.39, 0.29) is 38.5 Å². The number of rotatable bonds is 24. The van der Waals surface area contributed by atoms with Crippen LogP contribution in [0.1, 0.15) is 130 Å². The Hall–Kier alpha value is -2.15. The summed E-state index contributed by atoms with van der Waals surface area (Å²) < 4.78 is 64.1. The van der Waals surface area contributed by atoms with Crippen molar-refractivity contribution in [1.29, 1.82) is 0 Å². The molecule has 0 saturated carbocycles. The predicted octanol–water partition coefficient (Wildman–Crippen LogP) is 7.31. The summed E-state index contributed by atoms with van der Waals surface area (Å²) in [5, 5.41) is 10.2. The Labute approximate surface area is 262 Å². The van der Waals surface area contributed by atoms with Crippen LogP contribution in [0.25, 0.3) is 0 Å². The van der Waals surface area contributed by atoms with Crippen molar-refractivity contribution < 1.29 is 51.3 Å². The summed E-state index contributed by atoms with van der Waals surface area (Å²) in [4.78, 5) is 33.2. The molecule has 0 aromatic heterocycles. The van der Waals surface area contributed by atoms with E-state index in [0.717, 1.165) is 32.1 Å². The summed E-state index contributed by atoms with van der Waals surface area (Å²) >= 11 is 0. The molecule has 0 bridgehead atoms. The highest BCUT2D eigenvalue weighted by Gasteiger charge is 2.26. The maximum atomic E-state index is 12.9. The molecule has 0 aliphatic rings. The minimum atomic E-state index is -2.84. The molecule has 264 valence electrons. The van der Waals surface area contributed by atoms with Crippen LogP contribution in [0.4, 0.5) is 22.4 Å². The molecule has 0 heterocycles. The number of ether oxygens (including phenoxy) is 3. The monoisotopic (exact) mass is 648 g/mol. The molecule has 1 amide bonds. The second kappa shape index (κ2) is 32.2. The fraction of sp³-hybridized carbons (Fsp3) is 0.903. The molecular weight excluding hydrogens is 588 g/mol. The van der Waals surface area contributed by atoms with Gasteiger partial charge in [-0.15, -0.1) is 0 Å². The number of halogens is 4. The average molecular weight is 649 g/mol. The Morgan fingerprint density at radius 2 is 1.07 bits per heavy atom. The van der Waals surface area contributed by atoms with E-state index >= 15 is 0 Å². The second-order valence-electron chi connectivity index (χ2n) is 10.3. The molecule has 0 atom stereocenters. The topological polar surface area (TPSA) is 137 Å². The Balaban J connectivity index is -0.000000668. The van der Waals surface area contributed by atoms with Gasteiger partial charge in [0.2, 0.25) is 5.92 Å². The molecular formula is C31H60F4N2O7. The zero-order chi connectivity index (χ0) is 34.1. The molecule has 0 aromatic carbocycles. The molecule has 0 aliphatic heterocycles. The summed E-state index contributed by atoms with van der Waals surface area (Å²) in [6.45, 7) is 6.81. The van der Waals surface area contributed by atoms with Gasteiger partial charge in [-0.1, -0.05) is 91.9 Å². The van der Waals surface area contributed by atoms with Crippen molar-refractivity contribution in [2.75, 3.05) is 39.5 Å². The smallest absolute Gasteiger partial charge is 0.407 e. The van der Waals surface area contributed by atoms with Crippen molar-refractivity contribution in [3.05, 3.63) is 0 Å². The largest absolute Gasteiger partial charge is 0.465 e. The molecule has 0 saturated heterocycles. The standard InChI is InChI=1S/C16H29F2NO4.C10H21NO2.C5H10F2O/c1-3-5-6-7-8-9-11-22-14(20)13-19-15(21)23-12-10-16(17,18)4-2;1-2-3-4-5-6-7-8-13-10(12)9-11;1-2-5(6,7)3-4-8/h3-13H2,1-2H3,(H,19,21);2-9,11H2,1H3;8H,2-4H2,1H3. The number of carbonyl (C=O) groups is 3. The first-order chi connectivity index (χ1) is 20.8. The van der Waals surface area contributed by atoms with Gasteiger partial charge in [0.05, 0.1) is 26.4 Å². The number of unbranched alkanes of at least 4 members (excludes halogenated alkanes) is 10. The predicted molar refractivity (Wildman–Crippen MR) is 164 cm³/mol. The molecule has 0 spiro atoms. The number of nitrogens with one attached hydrogen (secondary N) is 1.